The second-order valence-electron chi connectivity index (χ2n) is 11.0. The maximum absolute atomic E-state index is 13.4. The number of halogens is 2. The molecule has 11 nitrogen and oxygen atoms in total. The zero-order chi connectivity index (χ0) is 31.6. The molecule has 1 aliphatic heterocycles. The van der Waals surface area contributed by atoms with Crippen molar-refractivity contribution in [2.75, 3.05) is 36.5 Å². The summed E-state index contributed by atoms with van der Waals surface area (Å²) in [5.41, 5.74) is 0.639. The zero-order valence-corrected chi connectivity index (χ0v) is 27.4. The minimum atomic E-state index is -3.86. The number of benzene rings is 2. The van der Waals surface area contributed by atoms with Crippen molar-refractivity contribution in [3.8, 4) is 0 Å². The summed E-state index contributed by atoms with van der Waals surface area (Å²) in [6, 6.07) is 11.7. The molecule has 15 heteroatoms. The maximum atomic E-state index is 13.4. The van der Waals surface area contributed by atoms with Crippen LogP contribution in [0.25, 0.3) is 0 Å². The van der Waals surface area contributed by atoms with Crippen molar-refractivity contribution in [2.24, 2.45) is 5.92 Å². The molecular formula is C28H41Cl2N5O6S2. The Morgan fingerprint density at radius 1 is 1.09 bits per heavy atom. The summed E-state index contributed by atoms with van der Waals surface area (Å²) in [6.07, 6.45) is 1.96. The molecule has 2 aromatic carbocycles. The summed E-state index contributed by atoms with van der Waals surface area (Å²) < 4.78 is 47.9. The van der Waals surface area contributed by atoms with Gasteiger partial charge in [0.15, 0.2) is 0 Å². The average Bonchev–Trinajstić information content (AvgIpc) is 3.25. The molecule has 1 unspecified atom stereocenters. The zero-order valence-electron chi connectivity index (χ0n) is 24.3. The molecule has 1 saturated heterocycles. The van der Waals surface area contributed by atoms with Gasteiger partial charge in [0.2, 0.25) is 10.0 Å². The van der Waals surface area contributed by atoms with Crippen LogP contribution in [-0.2, 0) is 10.0 Å². The Labute approximate surface area is 265 Å². The number of anilines is 1. The van der Waals surface area contributed by atoms with Crippen LogP contribution < -0.4 is 20.7 Å². The fraction of sp³-hybridized carbons (Fsp3) is 0.500. The van der Waals surface area contributed by atoms with Crippen molar-refractivity contribution in [1.29, 1.82) is 0 Å². The number of hydrogen-bond donors (Lipinski definition) is 6. The molecule has 2 aromatic rings. The summed E-state index contributed by atoms with van der Waals surface area (Å²) >= 11 is 11.9. The van der Waals surface area contributed by atoms with E-state index in [0.717, 1.165) is 0 Å². The molecule has 0 aliphatic carbocycles. The summed E-state index contributed by atoms with van der Waals surface area (Å²) in [4.78, 5) is 27.7. The van der Waals surface area contributed by atoms with Crippen LogP contribution in [0.15, 0.2) is 53.4 Å². The van der Waals surface area contributed by atoms with E-state index in [1.165, 1.54) is 18.2 Å². The number of urea groups is 2. The number of carbonyl (C=O) groups is 2. The number of hydrogen-bond acceptors (Lipinski definition) is 6. The third-order valence-electron chi connectivity index (χ3n) is 6.77. The first-order valence-corrected chi connectivity index (χ1v) is 18.2. The second kappa shape index (κ2) is 16.2. The van der Waals surface area contributed by atoms with Gasteiger partial charge < -0.3 is 20.9 Å². The first kappa shape index (κ1) is 35.2. The number of para-hydroxylation sites is 1. The van der Waals surface area contributed by atoms with Crippen LogP contribution >= 0.6 is 33.8 Å². The summed E-state index contributed by atoms with van der Waals surface area (Å²) in [5, 5.41) is 9.04. The fourth-order valence-electron chi connectivity index (χ4n) is 4.77. The summed E-state index contributed by atoms with van der Waals surface area (Å²) in [5.74, 6) is 0.575. The molecule has 4 amide bonds. The third-order valence-corrected chi connectivity index (χ3v) is 10.8. The fourth-order valence-corrected chi connectivity index (χ4v) is 8.34. The van der Waals surface area contributed by atoms with Crippen LogP contribution in [0.1, 0.15) is 39.5 Å². The highest BCUT2D eigenvalue weighted by atomic mass is 35.5. The molecule has 6 N–H and O–H groups in total. The van der Waals surface area contributed by atoms with Gasteiger partial charge in [-0.25, -0.2) is 22.7 Å². The molecular weight excluding hydrogens is 637 g/mol. The Hall–Kier alpha value is -2.26. The van der Waals surface area contributed by atoms with Gasteiger partial charge in [-0.3, -0.25) is 9.11 Å². The molecule has 0 bridgehead atoms. The molecule has 3 rings (SSSR count). The topological polar surface area (TPSA) is 160 Å². The molecule has 0 spiro atoms. The van der Waals surface area contributed by atoms with E-state index in [1.807, 2.05) is 32.0 Å². The van der Waals surface area contributed by atoms with Crippen LogP contribution in [0, 0.1) is 5.92 Å². The van der Waals surface area contributed by atoms with Gasteiger partial charge in [0.05, 0.1) is 10.8 Å². The molecule has 0 aromatic heterocycles. The maximum Gasteiger partial charge on any atom is 0.319 e. The molecule has 43 heavy (non-hydrogen) atoms. The van der Waals surface area contributed by atoms with Crippen molar-refractivity contribution in [1.82, 2.24) is 20.3 Å². The Balaban J connectivity index is 1.63. The molecule has 0 radical (unpaired) electrons. The average molecular weight is 679 g/mol. The van der Waals surface area contributed by atoms with Gasteiger partial charge in [0.1, 0.15) is 4.90 Å². The Kier molecular flexibility index (Phi) is 13.2. The number of amides is 4. The van der Waals surface area contributed by atoms with Gasteiger partial charge >= 0.3 is 12.1 Å². The first-order valence-electron chi connectivity index (χ1n) is 14.1. The minimum Gasteiger partial charge on any atom is -0.334 e. The normalized spacial score (nSPS) is 17.7. The van der Waals surface area contributed by atoms with Gasteiger partial charge in [0, 0.05) is 48.2 Å². The van der Waals surface area contributed by atoms with Crippen LogP contribution in [0.3, 0.4) is 0 Å². The van der Waals surface area contributed by atoms with E-state index < -0.39 is 26.6 Å². The number of sulfonamides is 1. The van der Waals surface area contributed by atoms with Crippen LogP contribution in [0.5, 0.6) is 0 Å². The van der Waals surface area contributed by atoms with Gasteiger partial charge in [-0.05, 0) is 61.9 Å². The van der Waals surface area contributed by atoms with E-state index in [0.29, 0.717) is 36.4 Å². The second-order valence-corrected chi connectivity index (χ2v) is 15.9. The predicted molar refractivity (Wildman–Crippen MR) is 174 cm³/mol. The van der Waals surface area contributed by atoms with Crippen molar-refractivity contribution < 1.29 is 27.1 Å². The van der Waals surface area contributed by atoms with E-state index in [9.17, 15) is 27.1 Å². The van der Waals surface area contributed by atoms with E-state index in [-0.39, 0.29) is 65.1 Å². The van der Waals surface area contributed by atoms with Crippen molar-refractivity contribution >= 4 is 61.6 Å². The highest BCUT2D eigenvalue weighted by Crippen LogP contribution is 2.45. The Bertz CT molecular complexity index is 1330. The SMILES string of the molecule is CC(C)C[C@@H](CN(CCCCNS(=O)(=O)c1ccc(Cl)cc1Cl)C(=O)NC1CCS(O)(O)C1)NC(=O)Nc1ccccc1. The van der Waals surface area contributed by atoms with Crippen LogP contribution in [-0.4, -0.2) is 77.7 Å². The molecule has 240 valence electrons. The summed E-state index contributed by atoms with van der Waals surface area (Å²) in [7, 11) is -6.55. The van der Waals surface area contributed by atoms with Crippen LogP contribution in [0.4, 0.5) is 15.3 Å². The number of rotatable bonds is 14. The van der Waals surface area contributed by atoms with Crippen molar-refractivity contribution in [2.45, 2.75) is 56.5 Å². The van der Waals surface area contributed by atoms with Gasteiger partial charge in [-0.1, -0.05) is 55.2 Å². The van der Waals surface area contributed by atoms with E-state index >= 15 is 0 Å². The highest BCUT2D eigenvalue weighted by Gasteiger charge is 2.31. The molecule has 1 aliphatic rings. The monoisotopic (exact) mass is 677 g/mol. The molecule has 0 saturated carbocycles. The lowest BCUT2D eigenvalue weighted by atomic mass is 10.0. The Morgan fingerprint density at radius 2 is 1.81 bits per heavy atom. The third kappa shape index (κ3) is 12.0. The van der Waals surface area contributed by atoms with Crippen molar-refractivity contribution in [3.05, 3.63) is 58.6 Å². The number of unbranched alkanes of at least 4 members (excludes halogenated alkanes) is 1. The molecule has 1 fully saturated rings. The lowest BCUT2D eigenvalue weighted by molar-refractivity contribution is 0.183. The number of nitrogens with one attached hydrogen (secondary N) is 4. The largest absolute Gasteiger partial charge is 0.334 e. The first-order chi connectivity index (χ1) is 20.2. The highest BCUT2D eigenvalue weighted by molar-refractivity contribution is 8.24. The Morgan fingerprint density at radius 3 is 2.44 bits per heavy atom. The quantitative estimate of drug-likeness (QED) is 0.138. The van der Waals surface area contributed by atoms with E-state index in [4.69, 9.17) is 23.2 Å². The van der Waals surface area contributed by atoms with Gasteiger partial charge in [-0.2, -0.15) is 10.6 Å². The number of nitrogens with zero attached hydrogens (tertiary/aromatic N) is 1. The number of carbonyl (C=O) groups excluding carboxylic acids is 2. The van der Waals surface area contributed by atoms with E-state index in [2.05, 4.69) is 20.7 Å². The predicted octanol–water partition coefficient (Wildman–Crippen LogP) is 5.82. The van der Waals surface area contributed by atoms with E-state index in [1.54, 1.807) is 17.0 Å². The standard InChI is InChI=1S/C28H41Cl2N5O6S2/c1-20(2)16-24(33-27(36)32-22-8-4-3-5-9-22)18-35(28(37)34-23-12-15-42(38,39)19-23)14-7-6-13-31-43(40,41)26-11-10-21(29)17-25(26)30/h3-5,8-11,17,20,23-24,31,38-39H,6-7,12-16,18-19H2,1-2H3,(H,34,37)(H2,32,33,36)/t23?,24-/m0/s1. The summed E-state index contributed by atoms with van der Waals surface area (Å²) in [6.45, 7) is 4.66. The van der Waals surface area contributed by atoms with Crippen molar-refractivity contribution in [3.63, 3.8) is 0 Å². The lowest BCUT2D eigenvalue weighted by Gasteiger charge is -2.31. The molecule has 1 heterocycles. The lowest BCUT2D eigenvalue weighted by Crippen LogP contribution is -2.52. The van der Waals surface area contributed by atoms with Crippen LogP contribution in [0.2, 0.25) is 10.0 Å². The van der Waals surface area contributed by atoms with Gasteiger partial charge in [-0.15, -0.1) is 0 Å². The minimum absolute atomic E-state index is 0.0198. The molecule has 2 atom stereocenters. The smallest absolute Gasteiger partial charge is 0.319 e. The van der Waals surface area contributed by atoms with Gasteiger partial charge in [0.25, 0.3) is 0 Å².